The van der Waals surface area contributed by atoms with Gasteiger partial charge in [0.25, 0.3) is 0 Å². The van der Waals surface area contributed by atoms with Gasteiger partial charge in [-0.15, -0.1) is 0 Å². The zero-order chi connectivity index (χ0) is 14.5. The minimum absolute atomic E-state index is 0.0846. The molecule has 2 aromatic rings. The van der Waals surface area contributed by atoms with Crippen LogP contribution in [0.4, 0.5) is 0 Å². The summed E-state index contributed by atoms with van der Waals surface area (Å²) >= 11 is 5.97. The Kier molecular flexibility index (Phi) is 4.60. The van der Waals surface area contributed by atoms with Crippen LogP contribution in [0.3, 0.4) is 0 Å². The highest BCUT2D eigenvalue weighted by Crippen LogP contribution is 2.34. The number of aromatic nitrogens is 2. The second-order valence-corrected chi connectivity index (χ2v) is 4.16. The van der Waals surface area contributed by atoms with Gasteiger partial charge in [0.15, 0.2) is 11.5 Å². The highest BCUT2D eigenvalue weighted by molar-refractivity contribution is 6.31. The van der Waals surface area contributed by atoms with E-state index in [1.807, 2.05) is 0 Å². The number of ether oxygens (including phenoxy) is 3. The molecule has 0 saturated heterocycles. The van der Waals surface area contributed by atoms with E-state index in [1.54, 1.807) is 18.2 Å². The molecule has 1 aromatic carbocycles. The first-order valence-corrected chi connectivity index (χ1v) is 6.08. The fraction of sp³-hybridized carbons (Fsp3) is 0.231. The summed E-state index contributed by atoms with van der Waals surface area (Å²) in [6.07, 6.45) is 1.39. The molecule has 0 bridgehead atoms. The molecule has 0 fully saturated rings. The van der Waals surface area contributed by atoms with Crippen molar-refractivity contribution in [2.24, 2.45) is 0 Å². The smallest absolute Gasteiger partial charge is 0.319 e. The monoisotopic (exact) mass is 296 g/mol. The fourth-order valence-electron chi connectivity index (χ4n) is 1.50. The molecule has 0 atom stereocenters. The Labute approximate surface area is 120 Å². The van der Waals surface area contributed by atoms with Crippen molar-refractivity contribution in [1.29, 1.82) is 0 Å². The van der Waals surface area contributed by atoms with E-state index in [1.165, 1.54) is 20.4 Å². The molecule has 1 aromatic heterocycles. The van der Waals surface area contributed by atoms with Crippen molar-refractivity contribution >= 4 is 11.6 Å². The van der Waals surface area contributed by atoms with Gasteiger partial charge in [-0.05, 0) is 17.7 Å². The van der Waals surface area contributed by atoms with Gasteiger partial charge in [0.2, 0.25) is 5.88 Å². The van der Waals surface area contributed by atoms with E-state index in [-0.39, 0.29) is 23.5 Å². The molecular formula is C13H13ClN2O4. The van der Waals surface area contributed by atoms with Crippen LogP contribution in [0.2, 0.25) is 5.02 Å². The van der Waals surface area contributed by atoms with Crippen LogP contribution < -0.4 is 14.2 Å². The lowest BCUT2D eigenvalue weighted by Crippen LogP contribution is -1.97. The van der Waals surface area contributed by atoms with Gasteiger partial charge in [0.05, 0.1) is 27.0 Å². The average molecular weight is 297 g/mol. The highest BCUT2D eigenvalue weighted by atomic mass is 35.5. The molecule has 0 radical (unpaired) electrons. The third-order valence-corrected chi connectivity index (χ3v) is 2.75. The first kappa shape index (κ1) is 14.4. The Morgan fingerprint density at radius 2 is 2.00 bits per heavy atom. The summed E-state index contributed by atoms with van der Waals surface area (Å²) in [4.78, 5) is 7.87. The van der Waals surface area contributed by atoms with Crippen molar-refractivity contribution in [3.05, 3.63) is 35.0 Å². The van der Waals surface area contributed by atoms with E-state index in [4.69, 9.17) is 30.9 Å². The maximum atomic E-state index is 9.10. The summed E-state index contributed by atoms with van der Waals surface area (Å²) in [6.45, 7) is -0.0846. The van der Waals surface area contributed by atoms with Crippen LogP contribution in [0.25, 0.3) is 0 Å². The number of nitrogens with zero attached hydrogens (tertiary/aromatic N) is 2. The van der Waals surface area contributed by atoms with E-state index in [0.29, 0.717) is 17.1 Å². The predicted molar refractivity (Wildman–Crippen MR) is 72.6 cm³/mol. The number of benzene rings is 1. The quantitative estimate of drug-likeness (QED) is 0.913. The molecule has 0 unspecified atom stereocenters. The van der Waals surface area contributed by atoms with Gasteiger partial charge < -0.3 is 19.3 Å². The Morgan fingerprint density at radius 1 is 1.20 bits per heavy atom. The molecule has 2 rings (SSSR count). The molecule has 0 saturated carbocycles. The minimum atomic E-state index is -0.0846. The Balaban J connectivity index is 2.34. The fourth-order valence-corrected chi connectivity index (χ4v) is 1.63. The van der Waals surface area contributed by atoms with Crippen LogP contribution in [0, 0.1) is 0 Å². The zero-order valence-corrected chi connectivity index (χ0v) is 11.7. The third kappa shape index (κ3) is 3.09. The highest BCUT2D eigenvalue weighted by Gasteiger charge is 2.12. The van der Waals surface area contributed by atoms with Gasteiger partial charge in [-0.25, -0.2) is 4.98 Å². The minimum Gasteiger partial charge on any atom is -0.493 e. The van der Waals surface area contributed by atoms with Crippen molar-refractivity contribution in [3.63, 3.8) is 0 Å². The van der Waals surface area contributed by atoms with Gasteiger partial charge in [0, 0.05) is 0 Å². The van der Waals surface area contributed by atoms with Crippen LogP contribution in [0.5, 0.6) is 23.4 Å². The third-order valence-electron chi connectivity index (χ3n) is 2.49. The number of rotatable bonds is 5. The molecule has 0 spiro atoms. The Hall–Kier alpha value is -2.05. The molecular weight excluding hydrogens is 284 g/mol. The van der Waals surface area contributed by atoms with Gasteiger partial charge in [-0.2, -0.15) is 4.98 Å². The van der Waals surface area contributed by atoms with Gasteiger partial charge in [0.1, 0.15) is 5.02 Å². The van der Waals surface area contributed by atoms with Gasteiger partial charge >= 0.3 is 6.01 Å². The van der Waals surface area contributed by atoms with E-state index >= 15 is 0 Å². The molecule has 6 nitrogen and oxygen atoms in total. The maximum absolute atomic E-state index is 9.10. The molecule has 7 heteroatoms. The normalized spacial score (nSPS) is 10.2. The lowest BCUT2D eigenvalue weighted by molar-refractivity contribution is 0.280. The van der Waals surface area contributed by atoms with Crippen LogP contribution in [0.1, 0.15) is 5.56 Å². The van der Waals surface area contributed by atoms with E-state index < -0.39 is 0 Å². The van der Waals surface area contributed by atoms with Crippen molar-refractivity contribution in [1.82, 2.24) is 9.97 Å². The molecule has 106 valence electrons. The molecule has 0 amide bonds. The summed E-state index contributed by atoms with van der Waals surface area (Å²) in [5.74, 6) is 1.05. The summed E-state index contributed by atoms with van der Waals surface area (Å²) < 4.78 is 15.7. The lowest BCUT2D eigenvalue weighted by atomic mass is 10.2. The van der Waals surface area contributed by atoms with Crippen LogP contribution in [0.15, 0.2) is 24.4 Å². The summed E-state index contributed by atoms with van der Waals surface area (Å²) in [6, 6.07) is 5.19. The molecule has 0 aliphatic heterocycles. The molecule has 0 aliphatic carbocycles. The van der Waals surface area contributed by atoms with Crippen molar-refractivity contribution in [2.45, 2.75) is 6.61 Å². The second-order valence-electron chi connectivity index (χ2n) is 3.76. The second kappa shape index (κ2) is 6.40. The van der Waals surface area contributed by atoms with Crippen molar-refractivity contribution in [2.75, 3.05) is 14.2 Å². The van der Waals surface area contributed by atoms with Gasteiger partial charge in [-0.1, -0.05) is 17.7 Å². The molecule has 20 heavy (non-hydrogen) atoms. The molecule has 1 N–H and O–H groups in total. The van der Waals surface area contributed by atoms with E-state index in [0.717, 1.165) is 0 Å². The van der Waals surface area contributed by atoms with Crippen molar-refractivity contribution < 1.29 is 19.3 Å². The van der Waals surface area contributed by atoms with Crippen molar-refractivity contribution in [3.8, 4) is 23.4 Å². The zero-order valence-electron chi connectivity index (χ0n) is 11.0. The topological polar surface area (TPSA) is 73.7 Å². The maximum Gasteiger partial charge on any atom is 0.319 e. The largest absolute Gasteiger partial charge is 0.493 e. The summed E-state index contributed by atoms with van der Waals surface area (Å²) in [5, 5.41) is 9.35. The number of hydrogen-bond donors (Lipinski definition) is 1. The number of halogens is 1. The average Bonchev–Trinajstić information content (AvgIpc) is 2.49. The lowest BCUT2D eigenvalue weighted by Gasteiger charge is -2.11. The van der Waals surface area contributed by atoms with Crippen LogP contribution in [-0.4, -0.2) is 29.3 Å². The van der Waals surface area contributed by atoms with Crippen LogP contribution >= 0.6 is 11.6 Å². The first-order valence-electron chi connectivity index (χ1n) is 5.70. The number of hydrogen-bond acceptors (Lipinski definition) is 6. The Bertz CT molecular complexity index is 607. The number of aliphatic hydroxyl groups is 1. The number of aliphatic hydroxyl groups excluding tert-OH is 1. The van der Waals surface area contributed by atoms with Gasteiger partial charge in [-0.3, -0.25) is 0 Å². The summed E-state index contributed by atoms with van der Waals surface area (Å²) in [7, 11) is 2.95. The Morgan fingerprint density at radius 3 is 2.65 bits per heavy atom. The number of methoxy groups -OCH3 is 2. The molecule has 1 heterocycles. The summed E-state index contributed by atoms with van der Waals surface area (Å²) in [5.41, 5.74) is 0.709. The molecule has 0 aliphatic rings. The van der Waals surface area contributed by atoms with E-state index in [2.05, 4.69) is 9.97 Å². The SMILES string of the molecule is COc1ncc(Cl)c(Oc2ccc(CO)cc2OC)n1. The first-order chi connectivity index (χ1) is 9.67. The van der Waals surface area contributed by atoms with Crippen LogP contribution in [-0.2, 0) is 6.61 Å². The predicted octanol–water partition coefficient (Wildman–Crippen LogP) is 2.43. The van der Waals surface area contributed by atoms with E-state index in [9.17, 15) is 0 Å². The standard InChI is InChI=1S/C13H13ClN2O4/c1-18-11-5-8(7-17)3-4-10(11)20-12-9(14)6-15-13(16-12)19-2/h3-6,17H,7H2,1-2H3.